The maximum atomic E-state index is 13.2. The van der Waals surface area contributed by atoms with Gasteiger partial charge in [0, 0.05) is 11.1 Å². The molecule has 0 saturated carbocycles. The first-order chi connectivity index (χ1) is 16.0. The molecule has 0 radical (unpaired) electrons. The van der Waals surface area contributed by atoms with Crippen LogP contribution in [0.1, 0.15) is 16.1 Å². The zero-order valence-electron chi connectivity index (χ0n) is 16.7. The van der Waals surface area contributed by atoms with Crippen LogP contribution in [0.5, 0.6) is 0 Å². The third kappa shape index (κ3) is 6.11. The van der Waals surface area contributed by atoms with Gasteiger partial charge < -0.3 is 11.1 Å². The molecule has 0 aliphatic carbocycles. The molecule has 4 rings (SSSR count). The van der Waals surface area contributed by atoms with Crippen LogP contribution in [-0.4, -0.2) is 41.9 Å². The molecule has 0 fully saturated rings. The Labute approximate surface area is 195 Å². The molecular formula is C20H15FN8O2S2. The molecule has 166 valence electrons. The van der Waals surface area contributed by atoms with E-state index < -0.39 is 5.91 Å². The summed E-state index contributed by atoms with van der Waals surface area (Å²) in [7, 11) is 0. The molecule has 0 aliphatic rings. The number of rotatable bonds is 8. The van der Waals surface area contributed by atoms with Crippen molar-refractivity contribution in [3.05, 3.63) is 72.2 Å². The second-order valence-corrected chi connectivity index (χ2v) is 8.50. The van der Waals surface area contributed by atoms with Crippen LogP contribution in [0.2, 0.25) is 0 Å². The van der Waals surface area contributed by atoms with Gasteiger partial charge in [0.05, 0.1) is 23.9 Å². The summed E-state index contributed by atoms with van der Waals surface area (Å²) in [6.45, 7) is 0. The van der Waals surface area contributed by atoms with Crippen LogP contribution in [0.25, 0.3) is 0 Å². The second-order valence-electron chi connectivity index (χ2n) is 6.43. The number of hydrogen-bond acceptors (Lipinski definition) is 9. The Morgan fingerprint density at radius 3 is 2.52 bits per heavy atom. The summed E-state index contributed by atoms with van der Waals surface area (Å²) >= 11 is 2.47. The Kier molecular flexibility index (Phi) is 6.90. The molecule has 33 heavy (non-hydrogen) atoms. The Bertz CT molecular complexity index is 1270. The lowest BCUT2D eigenvalue weighted by molar-refractivity contribution is -0.115. The van der Waals surface area contributed by atoms with Gasteiger partial charge in [0.15, 0.2) is 5.16 Å². The van der Waals surface area contributed by atoms with E-state index in [1.807, 2.05) is 0 Å². The van der Waals surface area contributed by atoms with Crippen molar-refractivity contribution in [2.75, 3.05) is 5.32 Å². The average molecular weight is 483 g/mol. The summed E-state index contributed by atoms with van der Waals surface area (Å²) < 4.78 is 13.2. The number of carbonyl (C=O) groups is 2. The van der Waals surface area contributed by atoms with Gasteiger partial charge in [-0.15, -0.1) is 0 Å². The number of amides is 2. The first-order valence-electron chi connectivity index (χ1n) is 9.34. The highest BCUT2D eigenvalue weighted by Gasteiger charge is 2.16. The van der Waals surface area contributed by atoms with Crippen molar-refractivity contribution in [3.8, 4) is 0 Å². The van der Waals surface area contributed by atoms with Crippen LogP contribution in [0.4, 0.5) is 10.2 Å². The van der Waals surface area contributed by atoms with Gasteiger partial charge in [-0.25, -0.2) is 24.3 Å². The third-order valence-electron chi connectivity index (χ3n) is 4.05. The van der Waals surface area contributed by atoms with Crippen molar-refractivity contribution in [2.45, 2.75) is 26.5 Å². The summed E-state index contributed by atoms with van der Waals surface area (Å²) in [5.74, 6) is -1.08. The van der Waals surface area contributed by atoms with E-state index in [4.69, 9.17) is 5.73 Å². The first kappa shape index (κ1) is 22.4. The van der Waals surface area contributed by atoms with Crippen LogP contribution in [-0.2, 0) is 11.2 Å². The van der Waals surface area contributed by atoms with Crippen molar-refractivity contribution in [2.24, 2.45) is 5.73 Å². The fourth-order valence-corrected chi connectivity index (χ4v) is 4.05. The lowest BCUT2D eigenvalue weighted by Crippen LogP contribution is -2.18. The smallest absolute Gasteiger partial charge is 0.250 e. The lowest BCUT2D eigenvalue weighted by atomic mass is 10.2. The number of H-pyrrole nitrogens is 1. The number of aromatic amines is 1. The fourth-order valence-electron chi connectivity index (χ4n) is 2.56. The molecule has 4 N–H and O–H groups in total. The van der Waals surface area contributed by atoms with Crippen LogP contribution in [0.15, 0.2) is 75.2 Å². The van der Waals surface area contributed by atoms with E-state index >= 15 is 0 Å². The van der Waals surface area contributed by atoms with Gasteiger partial charge in [-0.05, 0) is 48.2 Å². The van der Waals surface area contributed by atoms with E-state index in [0.717, 1.165) is 4.90 Å². The summed E-state index contributed by atoms with van der Waals surface area (Å²) in [6, 6.07) is 8.87. The number of carbonyl (C=O) groups excluding carboxylic acids is 2. The van der Waals surface area contributed by atoms with E-state index in [1.54, 1.807) is 18.3 Å². The number of anilines is 1. The Balaban J connectivity index is 1.54. The molecule has 1 aromatic carbocycles. The predicted molar refractivity (Wildman–Crippen MR) is 118 cm³/mol. The molecule has 3 aromatic heterocycles. The van der Waals surface area contributed by atoms with Crippen LogP contribution in [0, 0.1) is 5.82 Å². The normalized spacial score (nSPS) is 10.7. The van der Waals surface area contributed by atoms with Crippen molar-refractivity contribution in [3.63, 3.8) is 0 Å². The van der Waals surface area contributed by atoms with E-state index in [-0.39, 0.29) is 29.5 Å². The number of hydrogen-bond donors (Lipinski definition) is 3. The van der Waals surface area contributed by atoms with Gasteiger partial charge in [-0.2, -0.15) is 5.10 Å². The van der Waals surface area contributed by atoms with Gasteiger partial charge in [0.25, 0.3) is 0 Å². The standard InChI is InChI=1S/C20H15FN8O2S2/c21-12-2-4-13(5-3-12)32-19-14(27-17(9-24-19)33-20-25-10-26-29-20)7-16(30)28-15-6-1-11(8-23-15)18(22)31/h1-6,8-10H,7H2,(H2,22,31)(H,23,28,30)(H,25,26,29). The van der Waals surface area contributed by atoms with E-state index in [2.05, 4.69) is 35.5 Å². The molecule has 0 aliphatic heterocycles. The van der Waals surface area contributed by atoms with Crippen molar-refractivity contribution in [1.82, 2.24) is 30.1 Å². The Morgan fingerprint density at radius 2 is 1.85 bits per heavy atom. The largest absolute Gasteiger partial charge is 0.366 e. The lowest BCUT2D eigenvalue weighted by Gasteiger charge is -2.10. The maximum absolute atomic E-state index is 13.2. The maximum Gasteiger partial charge on any atom is 0.250 e. The Hall–Kier alpha value is -3.84. The number of benzene rings is 1. The first-order valence-corrected chi connectivity index (χ1v) is 11.0. The highest BCUT2D eigenvalue weighted by molar-refractivity contribution is 7.99. The summed E-state index contributed by atoms with van der Waals surface area (Å²) in [5.41, 5.74) is 5.85. The molecule has 0 saturated heterocycles. The van der Waals surface area contributed by atoms with Gasteiger partial charge >= 0.3 is 0 Å². The Morgan fingerprint density at radius 1 is 1.03 bits per heavy atom. The van der Waals surface area contributed by atoms with Gasteiger partial charge in [0.2, 0.25) is 11.8 Å². The quantitative estimate of drug-likeness (QED) is 0.344. The van der Waals surface area contributed by atoms with Crippen LogP contribution >= 0.6 is 23.5 Å². The second kappa shape index (κ2) is 10.2. The number of primary amides is 1. The van der Waals surface area contributed by atoms with Gasteiger partial charge in [-0.3, -0.25) is 14.7 Å². The third-order valence-corrected chi connectivity index (χ3v) is 5.89. The summed E-state index contributed by atoms with van der Waals surface area (Å²) in [4.78, 5) is 41.6. The number of nitrogens with one attached hydrogen (secondary N) is 2. The molecule has 2 amide bonds. The molecule has 0 unspecified atom stereocenters. The zero-order valence-corrected chi connectivity index (χ0v) is 18.4. The molecule has 13 heteroatoms. The van der Waals surface area contributed by atoms with Crippen LogP contribution in [0.3, 0.4) is 0 Å². The molecule has 10 nitrogen and oxygen atoms in total. The number of pyridine rings is 1. The average Bonchev–Trinajstić information content (AvgIpc) is 3.30. The number of aromatic nitrogens is 6. The van der Waals surface area contributed by atoms with Gasteiger partial charge in [-0.1, -0.05) is 11.8 Å². The minimum absolute atomic E-state index is 0.0966. The topological polar surface area (TPSA) is 152 Å². The fraction of sp³-hybridized carbons (Fsp3) is 0.0500. The summed E-state index contributed by atoms with van der Waals surface area (Å²) in [6.07, 6.45) is 4.12. The minimum Gasteiger partial charge on any atom is -0.366 e. The van der Waals surface area contributed by atoms with Crippen LogP contribution < -0.4 is 11.1 Å². The van der Waals surface area contributed by atoms with E-state index in [9.17, 15) is 14.0 Å². The monoisotopic (exact) mass is 482 g/mol. The SMILES string of the molecule is NC(=O)c1ccc(NC(=O)Cc2nc(Sc3ncn[nH]3)cnc2Sc2ccc(F)cc2)nc1. The molecule has 0 atom stereocenters. The minimum atomic E-state index is -0.612. The van der Waals surface area contributed by atoms with E-state index in [1.165, 1.54) is 60.3 Å². The highest BCUT2D eigenvalue weighted by Crippen LogP contribution is 2.31. The number of nitrogens with two attached hydrogens (primary N) is 1. The predicted octanol–water partition coefficient (Wildman–Crippen LogP) is 2.71. The molecular weight excluding hydrogens is 467 g/mol. The molecule has 0 spiro atoms. The molecule has 4 aromatic rings. The molecule has 3 heterocycles. The van der Waals surface area contributed by atoms with Crippen molar-refractivity contribution in [1.29, 1.82) is 0 Å². The summed E-state index contributed by atoms with van der Waals surface area (Å²) in [5, 5.41) is 10.7. The van der Waals surface area contributed by atoms with E-state index in [0.29, 0.717) is 20.9 Å². The molecule has 0 bridgehead atoms. The van der Waals surface area contributed by atoms with Gasteiger partial charge in [0.1, 0.15) is 28.0 Å². The number of nitrogens with zero attached hydrogens (tertiary/aromatic N) is 5. The van der Waals surface area contributed by atoms with Crippen molar-refractivity contribution >= 4 is 41.2 Å². The number of halogens is 1. The van der Waals surface area contributed by atoms with Crippen molar-refractivity contribution < 1.29 is 14.0 Å². The highest BCUT2D eigenvalue weighted by atomic mass is 32.2. The zero-order chi connectivity index (χ0) is 23.2.